The zero-order valence-electron chi connectivity index (χ0n) is 12.5. The Kier molecular flexibility index (Phi) is 5.36. The Bertz CT molecular complexity index is 569. The lowest BCUT2D eigenvalue weighted by Crippen LogP contribution is -2.33. The summed E-state index contributed by atoms with van der Waals surface area (Å²) in [6, 6.07) is 3.65. The van der Waals surface area contributed by atoms with E-state index in [-0.39, 0.29) is 10.9 Å². The highest BCUT2D eigenvalue weighted by Gasteiger charge is 2.18. The third-order valence-electron chi connectivity index (χ3n) is 3.71. The molecule has 0 atom stereocenters. The van der Waals surface area contributed by atoms with E-state index in [1.807, 2.05) is 13.8 Å². The molecule has 116 valence electrons. The highest BCUT2D eigenvalue weighted by molar-refractivity contribution is 7.89. The molecule has 2 rings (SSSR count). The normalized spacial score (nSPS) is 15.8. The third-order valence-corrected chi connectivity index (χ3v) is 5.22. The largest absolute Gasteiger partial charge is 0.367 e. The van der Waals surface area contributed by atoms with Gasteiger partial charge in [-0.3, -0.25) is 0 Å². The number of hydrogen-bond acceptors (Lipinski definition) is 4. The van der Waals surface area contributed by atoms with Gasteiger partial charge in [0.05, 0.1) is 0 Å². The van der Waals surface area contributed by atoms with E-state index >= 15 is 0 Å². The average Bonchev–Trinajstić information content (AvgIpc) is 2.98. The van der Waals surface area contributed by atoms with Crippen LogP contribution in [0.25, 0.3) is 0 Å². The zero-order chi connectivity index (χ0) is 15.3. The summed E-state index contributed by atoms with van der Waals surface area (Å²) in [5, 5.41) is 3.29. The van der Waals surface area contributed by atoms with Crippen LogP contribution < -0.4 is 10.0 Å². The van der Waals surface area contributed by atoms with Gasteiger partial charge in [0, 0.05) is 18.3 Å². The molecule has 6 heteroatoms. The summed E-state index contributed by atoms with van der Waals surface area (Å²) in [7, 11) is -3.48. The molecule has 1 aromatic heterocycles. The van der Waals surface area contributed by atoms with Crippen molar-refractivity contribution in [2.75, 3.05) is 5.32 Å². The van der Waals surface area contributed by atoms with Crippen LogP contribution in [-0.4, -0.2) is 25.5 Å². The quantitative estimate of drug-likeness (QED) is 0.760. The minimum atomic E-state index is -3.48. The Labute approximate surface area is 126 Å². The van der Waals surface area contributed by atoms with Crippen LogP contribution in [0.15, 0.2) is 35.4 Å². The van der Waals surface area contributed by atoms with E-state index in [9.17, 15) is 8.42 Å². The molecule has 0 radical (unpaired) electrons. The number of hydrogen-bond donors (Lipinski definition) is 2. The van der Waals surface area contributed by atoms with Crippen LogP contribution in [0.4, 0.5) is 5.82 Å². The minimum Gasteiger partial charge on any atom is -0.367 e. The molecule has 2 N–H and O–H groups in total. The lowest BCUT2D eigenvalue weighted by molar-refractivity contribution is 0.530. The highest BCUT2D eigenvalue weighted by Crippen LogP contribution is 2.17. The van der Waals surface area contributed by atoms with Crippen LogP contribution in [0.1, 0.15) is 39.5 Å². The molecule has 0 unspecified atom stereocenters. The van der Waals surface area contributed by atoms with Crippen LogP contribution in [0.3, 0.4) is 0 Å². The lowest BCUT2D eigenvalue weighted by atomic mass is 10.2. The molecule has 0 bridgehead atoms. The number of anilines is 1. The van der Waals surface area contributed by atoms with Crippen molar-refractivity contribution in [1.29, 1.82) is 0 Å². The van der Waals surface area contributed by atoms with Gasteiger partial charge in [-0.15, -0.1) is 0 Å². The molecular formula is C15H23N3O2S. The first-order valence-electron chi connectivity index (χ1n) is 7.45. The molecule has 0 saturated heterocycles. The van der Waals surface area contributed by atoms with E-state index in [0.29, 0.717) is 11.9 Å². The van der Waals surface area contributed by atoms with E-state index in [2.05, 4.69) is 27.2 Å². The van der Waals surface area contributed by atoms with E-state index in [1.165, 1.54) is 6.20 Å². The van der Waals surface area contributed by atoms with Gasteiger partial charge in [0.2, 0.25) is 10.0 Å². The van der Waals surface area contributed by atoms with Crippen LogP contribution in [0.5, 0.6) is 0 Å². The van der Waals surface area contributed by atoms with Gasteiger partial charge < -0.3 is 5.32 Å². The van der Waals surface area contributed by atoms with Crippen LogP contribution in [0, 0.1) is 0 Å². The number of aromatic nitrogens is 1. The molecule has 1 aliphatic carbocycles. The van der Waals surface area contributed by atoms with Crippen LogP contribution >= 0.6 is 0 Å². The van der Waals surface area contributed by atoms with Crippen molar-refractivity contribution >= 4 is 15.8 Å². The molecule has 1 aliphatic rings. The third kappa shape index (κ3) is 4.28. The predicted octanol–water partition coefficient (Wildman–Crippen LogP) is 2.68. The van der Waals surface area contributed by atoms with Crippen molar-refractivity contribution in [3.05, 3.63) is 30.5 Å². The predicted molar refractivity (Wildman–Crippen MR) is 84.7 cm³/mol. The Morgan fingerprint density at radius 3 is 2.43 bits per heavy atom. The molecule has 1 heterocycles. The molecule has 5 nitrogen and oxygen atoms in total. The molecule has 0 fully saturated rings. The first kappa shape index (κ1) is 16.0. The maximum atomic E-state index is 12.2. The summed E-state index contributed by atoms with van der Waals surface area (Å²) in [5.74, 6) is 0.713. The molecule has 0 spiro atoms. The van der Waals surface area contributed by atoms with Crippen molar-refractivity contribution < 1.29 is 8.42 Å². The Morgan fingerprint density at radius 1 is 1.24 bits per heavy atom. The van der Waals surface area contributed by atoms with Crippen molar-refractivity contribution in [2.24, 2.45) is 0 Å². The zero-order valence-corrected chi connectivity index (χ0v) is 13.4. The fourth-order valence-electron chi connectivity index (χ4n) is 2.31. The Morgan fingerprint density at radius 2 is 1.90 bits per heavy atom. The SMILES string of the molecule is CCC(CC)NS(=O)(=O)c1ccc(NC2CC=CC2)nc1. The number of nitrogens with zero attached hydrogens (tertiary/aromatic N) is 1. The topological polar surface area (TPSA) is 71.1 Å². The van der Waals surface area contributed by atoms with Crippen LogP contribution in [0.2, 0.25) is 0 Å². The summed E-state index contributed by atoms with van der Waals surface area (Å²) in [6.45, 7) is 3.94. The maximum Gasteiger partial charge on any atom is 0.242 e. The van der Waals surface area contributed by atoms with E-state index in [0.717, 1.165) is 25.7 Å². The molecule has 0 aromatic carbocycles. The summed E-state index contributed by atoms with van der Waals surface area (Å²) < 4.78 is 27.2. The van der Waals surface area contributed by atoms with Gasteiger partial charge in [-0.1, -0.05) is 26.0 Å². The maximum absolute atomic E-state index is 12.2. The van der Waals surface area contributed by atoms with E-state index < -0.39 is 10.0 Å². The molecule has 1 aromatic rings. The molecule has 21 heavy (non-hydrogen) atoms. The fraction of sp³-hybridized carbons (Fsp3) is 0.533. The first-order chi connectivity index (χ1) is 10.0. The molecule has 0 aliphatic heterocycles. The number of sulfonamides is 1. The fourth-order valence-corrected chi connectivity index (χ4v) is 3.66. The minimum absolute atomic E-state index is 0.0302. The van der Waals surface area contributed by atoms with Gasteiger partial charge in [0.15, 0.2) is 0 Å². The van der Waals surface area contributed by atoms with Crippen molar-refractivity contribution in [3.63, 3.8) is 0 Å². The monoisotopic (exact) mass is 309 g/mol. The van der Waals surface area contributed by atoms with Gasteiger partial charge in [-0.05, 0) is 37.8 Å². The molecular weight excluding hydrogens is 286 g/mol. The summed E-state index contributed by atoms with van der Waals surface area (Å²) in [4.78, 5) is 4.42. The van der Waals surface area contributed by atoms with Gasteiger partial charge >= 0.3 is 0 Å². The molecule has 0 amide bonds. The number of pyridine rings is 1. The Balaban J connectivity index is 2.03. The second-order valence-electron chi connectivity index (χ2n) is 5.30. The van der Waals surface area contributed by atoms with E-state index in [4.69, 9.17) is 0 Å². The smallest absolute Gasteiger partial charge is 0.242 e. The van der Waals surface area contributed by atoms with Gasteiger partial charge in [0.25, 0.3) is 0 Å². The van der Waals surface area contributed by atoms with Crippen molar-refractivity contribution in [1.82, 2.24) is 9.71 Å². The van der Waals surface area contributed by atoms with E-state index in [1.54, 1.807) is 12.1 Å². The van der Waals surface area contributed by atoms with Gasteiger partial charge in [-0.25, -0.2) is 18.1 Å². The standard InChI is InChI=1S/C15H23N3O2S/c1-3-12(4-2)18-21(19,20)14-9-10-15(16-11-14)17-13-7-5-6-8-13/h5-6,9-13,18H,3-4,7-8H2,1-2H3,(H,16,17). The first-order valence-corrected chi connectivity index (χ1v) is 8.93. The van der Waals surface area contributed by atoms with Gasteiger partial charge in [-0.2, -0.15) is 0 Å². The number of rotatable bonds is 7. The summed E-state index contributed by atoms with van der Waals surface area (Å²) >= 11 is 0. The van der Waals surface area contributed by atoms with Crippen molar-refractivity contribution in [3.8, 4) is 0 Å². The highest BCUT2D eigenvalue weighted by atomic mass is 32.2. The van der Waals surface area contributed by atoms with Crippen molar-refractivity contribution in [2.45, 2.75) is 56.5 Å². The molecule has 0 saturated carbocycles. The summed E-state index contributed by atoms with van der Waals surface area (Å²) in [5.41, 5.74) is 0. The second-order valence-corrected chi connectivity index (χ2v) is 7.01. The summed E-state index contributed by atoms with van der Waals surface area (Å²) in [6.07, 6.45) is 9.20. The number of nitrogens with one attached hydrogen (secondary N) is 2. The van der Waals surface area contributed by atoms with Gasteiger partial charge in [0.1, 0.15) is 10.7 Å². The second kappa shape index (κ2) is 7.04. The average molecular weight is 309 g/mol. The Hall–Kier alpha value is -1.40. The van der Waals surface area contributed by atoms with Crippen LogP contribution in [-0.2, 0) is 10.0 Å². The lowest BCUT2D eigenvalue weighted by Gasteiger charge is -2.16.